The van der Waals surface area contributed by atoms with Gasteiger partial charge < -0.3 is 4.90 Å². The lowest BCUT2D eigenvalue weighted by Gasteiger charge is -2.18. The van der Waals surface area contributed by atoms with Crippen LogP contribution in [0.4, 0.5) is 10.5 Å². The van der Waals surface area contributed by atoms with Gasteiger partial charge in [0, 0.05) is 23.3 Å². The second kappa shape index (κ2) is 6.65. The molecular weight excluding hydrogens is 352 g/mol. The Hall–Kier alpha value is -3.12. The molecule has 0 aliphatic carbocycles. The van der Waals surface area contributed by atoms with E-state index in [0.717, 1.165) is 16.7 Å². The number of carbonyl (C=O) groups is 2. The lowest BCUT2D eigenvalue weighted by molar-refractivity contribution is -0.116. The van der Waals surface area contributed by atoms with E-state index in [1.54, 1.807) is 30.6 Å². The molecule has 1 aromatic heterocycles. The van der Waals surface area contributed by atoms with Gasteiger partial charge in [0.1, 0.15) is 6.54 Å². The van der Waals surface area contributed by atoms with Crippen LogP contribution in [-0.2, 0) is 11.3 Å². The van der Waals surface area contributed by atoms with Crippen molar-refractivity contribution in [3.63, 3.8) is 0 Å². The Labute approximate surface area is 155 Å². The highest BCUT2D eigenvalue weighted by Gasteiger charge is 2.37. The molecule has 0 atom stereocenters. The van der Waals surface area contributed by atoms with Crippen molar-refractivity contribution in [3.8, 4) is 11.1 Å². The molecule has 0 unspecified atom stereocenters. The lowest BCUT2D eigenvalue weighted by atomic mass is 10.1. The van der Waals surface area contributed by atoms with Crippen LogP contribution in [0.25, 0.3) is 11.1 Å². The van der Waals surface area contributed by atoms with E-state index >= 15 is 0 Å². The number of rotatable bonds is 4. The number of hydrogen-bond acceptors (Lipinski definition) is 3. The summed E-state index contributed by atoms with van der Waals surface area (Å²) >= 11 is 6.16. The summed E-state index contributed by atoms with van der Waals surface area (Å²) in [6, 6.07) is 14.2. The van der Waals surface area contributed by atoms with Crippen LogP contribution in [-0.4, -0.2) is 33.6 Å². The number of H-pyrrole nitrogens is 1. The molecule has 2 heterocycles. The molecule has 2 aromatic carbocycles. The van der Waals surface area contributed by atoms with Crippen molar-refractivity contribution >= 4 is 29.2 Å². The Kier molecular flexibility index (Phi) is 4.18. The summed E-state index contributed by atoms with van der Waals surface area (Å²) in [7, 11) is 0. The minimum absolute atomic E-state index is 0.0353. The van der Waals surface area contributed by atoms with Crippen molar-refractivity contribution in [3.05, 3.63) is 71.5 Å². The maximum atomic E-state index is 12.7. The van der Waals surface area contributed by atoms with Crippen molar-refractivity contribution < 1.29 is 9.59 Å². The van der Waals surface area contributed by atoms with Gasteiger partial charge in [-0.1, -0.05) is 41.9 Å². The fourth-order valence-corrected chi connectivity index (χ4v) is 3.17. The average Bonchev–Trinajstić information content (AvgIpc) is 3.26. The highest BCUT2D eigenvalue weighted by molar-refractivity contribution is 6.31. The zero-order chi connectivity index (χ0) is 18.1. The lowest BCUT2D eigenvalue weighted by Crippen LogP contribution is -2.32. The molecule has 0 bridgehead atoms. The predicted octanol–water partition coefficient (Wildman–Crippen LogP) is 3.70. The van der Waals surface area contributed by atoms with Crippen molar-refractivity contribution in [1.29, 1.82) is 0 Å². The molecular formula is C19H15ClN4O2. The van der Waals surface area contributed by atoms with Crippen LogP contribution in [0, 0.1) is 0 Å². The number of anilines is 1. The molecule has 1 N–H and O–H groups in total. The molecule has 3 amide bonds. The topological polar surface area (TPSA) is 69.3 Å². The van der Waals surface area contributed by atoms with Crippen molar-refractivity contribution in [2.24, 2.45) is 0 Å². The van der Waals surface area contributed by atoms with E-state index in [-0.39, 0.29) is 18.5 Å². The Morgan fingerprint density at radius 3 is 2.50 bits per heavy atom. The zero-order valence-corrected chi connectivity index (χ0v) is 14.5. The highest BCUT2D eigenvalue weighted by atomic mass is 35.5. The van der Waals surface area contributed by atoms with Gasteiger partial charge in [-0.05, 0) is 29.3 Å². The average molecular weight is 367 g/mol. The van der Waals surface area contributed by atoms with Crippen molar-refractivity contribution in [1.82, 2.24) is 15.1 Å². The third kappa shape index (κ3) is 2.95. The van der Waals surface area contributed by atoms with Gasteiger partial charge in [-0.3, -0.25) is 9.89 Å². The number of imide groups is 1. The minimum atomic E-state index is -0.342. The molecule has 1 aliphatic heterocycles. The molecule has 26 heavy (non-hydrogen) atoms. The summed E-state index contributed by atoms with van der Waals surface area (Å²) in [5, 5.41) is 7.26. The Morgan fingerprint density at radius 1 is 1.04 bits per heavy atom. The van der Waals surface area contributed by atoms with Crippen LogP contribution >= 0.6 is 11.6 Å². The Balaban J connectivity index is 1.55. The van der Waals surface area contributed by atoms with E-state index in [2.05, 4.69) is 10.2 Å². The van der Waals surface area contributed by atoms with E-state index in [1.165, 1.54) is 9.80 Å². The molecule has 6 nitrogen and oxygen atoms in total. The van der Waals surface area contributed by atoms with Crippen molar-refractivity contribution in [2.75, 3.05) is 11.4 Å². The molecule has 0 saturated carbocycles. The second-order valence-corrected chi connectivity index (χ2v) is 6.40. The third-order valence-corrected chi connectivity index (χ3v) is 4.68. The van der Waals surface area contributed by atoms with Gasteiger partial charge in [-0.25, -0.2) is 9.69 Å². The number of carbonyl (C=O) groups excluding carboxylic acids is 2. The molecule has 0 radical (unpaired) electrons. The number of amides is 3. The fraction of sp³-hybridized carbons (Fsp3) is 0.105. The number of urea groups is 1. The Bertz CT molecular complexity index is 954. The summed E-state index contributed by atoms with van der Waals surface area (Å²) in [5.41, 5.74) is 3.26. The molecule has 1 fully saturated rings. The largest absolute Gasteiger partial charge is 0.332 e. The summed E-state index contributed by atoms with van der Waals surface area (Å²) in [5.74, 6) is -0.252. The summed E-state index contributed by atoms with van der Waals surface area (Å²) < 4.78 is 0. The SMILES string of the molecule is O=C1CN(Cc2ccccc2Cl)C(=O)N1c1ccc(-c2cn[nH]c2)cc1. The smallest absolute Gasteiger partial charge is 0.310 e. The minimum Gasteiger partial charge on any atom is -0.310 e. The van der Waals surface area contributed by atoms with Gasteiger partial charge in [-0.15, -0.1) is 0 Å². The number of hydrogen-bond donors (Lipinski definition) is 1. The number of aromatic nitrogens is 2. The first-order valence-electron chi connectivity index (χ1n) is 8.08. The van der Waals surface area contributed by atoms with E-state index in [1.807, 2.05) is 30.3 Å². The molecule has 1 saturated heterocycles. The van der Waals surface area contributed by atoms with Gasteiger partial charge >= 0.3 is 6.03 Å². The molecule has 0 spiro atoms. The summed E-state index contributed by atoms with van der Waals surface area (Å²) in [6.45, 7) is 0.335. The van der Waals surface area contributed by atoms with E-state index in [9.17, 15) is 9.59 Å². The molecule has 130 valence electrons. The zero-order valence-electron chi connectivity index (χ0n) is 13.7. The Morgan fingerprint density at radius 2 is 1.81 bits per heavy atom. The summed E-state index contributed by atoms with van der Waals surface area (Å²) in [6.07, 6.45) is 3.50. The van der Waals surface area contributed by atoms with Gasteiger partial charge in [-0.2, -0.15) is 5.10 Å². The quantitative estimate of drug-likeness (QED) is 0.716. The second-order valence-electron chi connectivity index (χ2n) is 5.99. The van der Waals surface area contributed by atoms with E-state index in [4.69, 9.17) is 11.6 Å². The monoisotopic (exact) mass is 366 g/mol. The standard InChI is InChI=1S/C19H15ClN4O2/c20-17-4-2-1-3-14(17)11-23-12-18(25)24(19(23)26)16-7-5-13(6-8-16)15-9-21-22-10-15/h1-10H,11-12H2,(H,21,22). The van der Waals surface area contributed by atoms with Crippen molar-refractivity contribution in [2.45, 2.75) is 6.54 Å². The predicted molar refractivity (Wildman–Crippen MR) is 98.8 cm³/mol. The van der Waals surface area contributed by atoms with E-state index < -0.39 is 0 Å². The fourth-order valence-electron chi connectivity index (χ4n) is 2.97. The first kappa shape index (κ1) is 16.4. The van der Waals surface area contributed by atoms with E-state index in [0.29, 0.717) is 17.3 Å². The number of nitrogens with zero attached hydrogens (tertiary/aromatic N) is 3. The van der Waals surface area contributed by atoms with Crippen LogP contribution < -0.4 is 4.90 Å². The first-order chi connectivity index (χ1) is 12.6. The number of halogens is 1. The van der Waals surface area contributed by atoms with Crippen LogP contribution in [0.1, 0.15) is 5.56 Å². The number of nitrogens with one attached hydrogen (secondary N) is 1. The summed E-state index contributed by atoms with van der Waals surface area (Å²) in [4.78, 5) is 27.8. The van der Waals surface area contributed by atoms with Crippen LogP contribution in [0.5, 0.6) is 0 Å². The van der Waals surface area contributed by atoms with Gasteiger partial charge in [0.2, 0.25) is 0 Å². The number of benzene rings is 2. The van der Waals surface area contributed by atoms with Gasteiger partial charge in [0.25, 0.3) is 5.91 Å². The van der Waals surface area contributed by atoms with Crippen LogP contribution in [0.2, 0.25) is 5.02 Å². The maximum absolute atomic E-state index is 12.7. The van der Waals surface area contributed by atoms with Crippen LogP contribution in [0.3, 0.4) is 0 Å². The van der Waals surface area contributed by atoms with Gasteiger partial charge in [0.15, 0.2) is 0 Å². The first-order valence-corrected chi connectivity index (χ1v) is 8.46. The highest BCUT2D eigenvalue weighted by Crippen LogP contribution is 2.27. The van der Waals surface area contributed by atoms with Crippen LogP contribution in [0.15, 0.2) is 60.9 Å². The normalized spacial score (nSPS) is 14.3. The third-order valence-electron chi connectivity index (χ3n) is 4.31. The van der Waals surface area contributed by atoms with Gasteiger partial charge in [0.05, 0.1) is 11.9 Å². The maximum Gasteiger partial charge on any atom is 0.332 e. The molecule has 3 aromatic rings. The molecule has 1 aliphatic rings. The number of aromatic amines is 1. The molecule has 7 heteroatoms. The molecule has 4 rings (SSSR count).